The van der Waals surface area contributed by atoms with E-state index in [1.165, 1.54) is 0 Å². The van der Waals surface area contributed by atoms with E-state index in [1.807, 2.05) is 0 Å². The zero-order chi connectivity index (χ0) is 5.28. The first-order valence-corrected chi connectivity index (χ1v) is 2.41. The van der Waals surface area contributed by atoms with Crippen LogP contribution in [0.5, 0.6) is 0 Å². The van der Waals surface area contributed by atoms with Gasteiger partial charge < -0.3 is 21.9 Å². The zero-order valence-corrected chi connectivity index (χ0v) is 4.46. The van der Waals surface area contributed by atoms with Crippen molar-refractivity contribution in [2.75, 3.05) is 13.2 Å². The number of ether oxygens (including phenoxy) is 1. The molecule has 1 heterocycles. The molecule has 0 aliphatic carbocycles. The fraction of sp³-hybridized carbons (Fsp3) is 0.667. The van der Waals surface area contributed by atoms with E-state index < -0.39 is 0 Å². The van der Waals surface area contributed by atoms with Gasteiger partial charge in [-0.15, -0.1) is 0 Å². The molecule has 0 aromatic rings. The second-order valence-electron chi connectivity index (χ2n) is 1.31. The Balaban J connectivity index is 2.48. The third-order valence-electron chi connectivity index (χ3n) is 0.790. The summed E-state index contributed by atoms with van der Waals surface area (Å²) >= 11 is 4.57. The minimum Gasteiger partial charge on any atom is -0.483 e. The van der Waals surface area contributed by atoms with Gasteiger partial charge in [-0.05, 0) is 0 Å². The molecule has 0 bridgehead atoms. The van der Waals surface area contributed by atoms with Crippen LogP contribution in [0.3, 0.4) is 0 Å². The summed E-state index contributed by atoms with van der Waals surface area (Å²) in [5.74, 6) is 0. The van der Waals surface area contributed by atoms with Gasteiger partial charge in [-0.2, -0.15) is 4.79 Å². The minimum absolute atomic E-state index is 0.310. The lowest BCUT2D eigenvalue weighted by Crippen LogP contribution is -3.07. The molecule has 1 unspecified atom stereocenters. The fourth-order valence-electron chi connectivity index (χ4n) is 0.419. The van der Waals surface area contributed by atoms with Crippen LogP contribution in [0, 0.1) is 0 Å². The van der Waals surface area contributed by atoms with Gasteiger partial charge >= 0.3 is 6.09 Å². The van der Waals surface area contributed by atoms with Crippen LogP contribution in [0.2, 0.25) is 0 Å². The van der Waals surface area contributed by atoms with Crippen molar-refractivity contribution in [1.29, 1.82) is 0 Å². The first-order valence-electron chi connectivity index (χ1n) is 2.00. The van der Waals surface area contributed by atoms with E-state index in [4.69, 9.17) is 0 Å². The van der Waals surface area contributed by atoms with Gasteiger partial charge in [-0.3, -0.25) is 0 Å². The highest BCUT2D eigenvalue weighted by Gasteiger charge is 2.17. The molecule has 7 heavy (non-hydrogen) atoms. The molecule has 40 valence electrons. The average Bonchev–Trinajstić information content (AvgIpc) is 1.91. The Labute approximate surface area is 46.8 Å². The third kappa shape index (κ3) is 0.863. The van der Waals surface area contributed by atoms with Gasteiger partial charge in [0.15, 0.2) is 0 Å². The lowest BCUT2D eigenvalue weighted by atomic mass is 10.7. The van der Waals surface area contributed by atoms with Crippen LogP contribution in [0.15, 0.2) is 0 Å². The van der Waals surface area contributed by atoms with E-state index in [-0.39, 0.29) is 6.09 Å². The molecule has 4 heteroatoms. The van der Waals surface area contributed by atoms with E-state index >= 15 is 0 Å². The van der Waals surface area contributed by atoms with Crippen molar-refractivity contribution in [3.63, 3.8) is 0 Å². The van der Waals surface area contributed by atoms with E-state index in [0.717, 1.165) is 0 Å². The monoisotopic (exact) mass is 119 g/mol. The normalized spacial score (nSPS) is 30.4. The Morgan fingerprint density at radius 2 is 2.57 bits per heavy atom. The van der Waals surface area contributed by atoms with Crippen molar-refractivity contribution in [2.45, 2.75) is 0 Å². The van der Waals surface area contributed by atoms with Crippen molar-refractivity contribution >= 4 is 18.9 Å². The molecule has 0 aromatic carbocycles. The Kier molecular flexibility index (Phi) is 1.21. The van der Waals surface area contributed by atoms with E-state index in [9.17, 15) is 4.79 Å². The van der Waals surface area contributed by atoms with Gasteiger partial charge in [0, 0.05) is 0 Å². The van der Waals surface area contributed by atoms with Gasteiger partial charge in [0.1, 0.15) is 13.2 Å². The highest BCUT2D eigenvalue weighted by Crippen LogP contribution is 1.75. The lowest BCUT2D eigenvalue weighted by molar-refractivity contribution is -0.647. The number of carbonyl (C=O) groups excluding carboxylic acids is 1. The number of nitrogens with one attached hydrogen (secondary N) is 1. The predicted molar refractivity (Wildman–Crippen MR) is 24.5 cm³/mol. The highest BCUT2D eigenvalue weighted by molar-refractivity contribution is 7.51. The SMILES string of the molecule is O=C1OCC[NH+]1[S-]. The number of carbonyl (C=O) groups is 1. The van der Waals surface area contributed by atoms with Crippen molar-refractivity contribution in [2.24, 2.45) is 0 Å². The quantitative estimate of drug-likeness (QED) is 0.393. The van der Waals surface area contributed by atoms with Gasteiger partial charge in [0.2, 0.25) is 0 Å². The molecule has 3 nitrogen and oxygen atoms in total. The average molecular weight is 119 g/mol. The standard InChI is InChI=1S/C3H5NO2S/c5-3-4(7)1-2-6-3/h4H,1-2H2. The lowest BCUT2D eigenvalue weighted by Gasteiger charge is -2.05. The van der Waals surface area contributed by atoms with E-state index in [0.29, 0.717) is 17.5 Å². The summed E-state index contributed by atoms with van der Waals surface area (Å²) in [6, 6.07) is 0. The summed E-state index contributed by atoms with van der Waals surface area (Å²) in [7, 11) is 0. The predicted octanol–water partition coefficient (Wildman–Crippen LogP) is -1.52. The maximum absolute atomic E-state index is 10.2. The summed E-state index contributed by atoms with van der Waals surface area (Å²) in [5.41, 5.74) is 0. The number of hydrogen-bond acceptors (Lipinski definition) is 3. The topological polar surface area (TPSA) is 30.7 Å². The molecule has 1 atom stereocenters. The van der Waals surface area contributed by atoms with Crippen LogP contribution in [-0.4, -0.2) is 19.2 Å². The van der Waals surface area contributed by atoms with Crippen LogP contribution in [0.25, 0.3) is 0 Å². The van der Waals surface area contributed by atoms with Crippen LogP contribution in [0.4, 0.5) is 4.79 Å². The first-order chi connectivity index (χ1) is 3.30. The Hall–Kier alpha value is -0.220. The summed E-state index contributed by atoms with van der Waals surface area (Å²) in [5, 5.41) is 0. The molecule has 0 radical (unpaired) electrons. The van der Waals surface area contributed by atoms with Crippen LogP contribution >= 0.6 is 0 Å². The van der Waals surface area contributed by atoms with Crippen LogP contribution in [0.1, 0.15) is 0 Å². The summed E-state index contributed by atoms with van der Waals surface area (Å²) in [6.45, 7) is 1.12. The maximum Gasteiger partial charge on any atom is 0.496 e. The molecule has 0 saturated carbocycles. The van der Waals surface area contributed by atoms with Crippen molar-refractivity contribution in [1.82, 2.24) is 0 Å². The molecular formula is C3H5NO2S. The zero-order valence-electron chi connectivity index (χ0n) is 3.64. The van der Waals surface area contributed by atoms with E-state index in [2.05, 4.69) is 17.6 Å². The van der Waals surface area contributed by atoms with Crippen molar-refractivity contribution in [3.05, 3.63) is 0 Å². The molecule has 1 saturated heterocycles. The maximum atomic E-state index is 10.2. The fourth-order valence-corrected chi connectivity index (χ4v) is 0.561. The van der Waals surface area contributed by atoms with Gasteiger partial charge in [-0.1, -0.05) is 0 Å². The Morgan fingerprint density at radius 3 is 2.71 bits per heavy atom. The number of hydrogen-bond donors (Lipinski definition) is 1. The molecular weight excluding hydrogens is 114 g/mol. The third-order valence-corrected chi connectivity index (χ3v) is 1.16. The molecule has 1 aliphatic rings. The molecule has 0 spiro atoms. The van der Waals surface area contributed by atoms with E-state index in [1.54, 1.807) is 0 Å². The van der Waals surface area contributed by atoms with Crippen molar-refractivity contribution < 1.29 is 13.8 Å². The first kappa shape index (κ1) is 4.93. The highest BCUT2D eigenvalue weighted by atomic mass is 32.1. The van der Waals surface area contributed by atoms with Crippen LogP contribution < -0.4 is 4.31 Å². The number of cyclic esters (lactones) is 1. The van der Waals surface area contributed by atoms with Gasteiger partial charge in [0.25, 0.3) is 0 Å². The molecule has 1 aliphatic heterocycles. The molecule has 0 aromatic heterocycles. The second-order valence-corrected chi connectivity index (χ2v) is 1.80. The van der Waals surface area contributed by atoms with Crippen LogP contribution in [-0.2, 0) is 17.6 Å². The molecule has 1 fully saturated rings. The number of quaternary nitrogens is 1. The van der Waals surface area contributed by atoms with Gasteiger partial charge in [0.05, 0.1) is 0 Å². The summed E-state index contributed by atoms with van der Waals surface area (Å²) < 4.78 is 4.92. The number of rotatable bonds is 0. The van der Waals surface area contributed by atoms with Gasteiger partial charge in [-0.25, -0.2) is 0 Å². The largest absolute Gasteiger partial charge is 0.496 e. The summed E-state index contributed by atoms with van der Waals surface area (Å²) in [6.07, 6.45) is -0.310. The molecule has 1 amide bonds. The second kappa shape index (κ2) is 1.71. The number of amides is 1. The Bertz CT molecular complexity index is 94.9. The smallest absolute Gasteiger partial charge is 0.483 e. The minimum atomic E-state index is -0.310. The molecule has 1 N–H and O–H groups in total. The van der Waals surface area contributed by atoms with Crippen molar-refractivity contribution in [3.8, 4) is 0 Å². The summed E-state index contributed by atoms with van der Waals surface area (Å²) in [4.78, 5) is 10.2. The number of alkyl carbamates (subject to hydrolysis) is 1. The Morgan fingerprint density at radius 1 is 1.86 bits per heavy atom. The molecule has 1 rings (SSSR count).